The molecule has 3 saturated carbocycles. The first-order valence-corrected chi connectivity index (χ1v) is 43.3. The summed E-state index contributed by atoms with van der Waals surface area (Å²) in [5.74, 6) is -1.48. The minimum absolute atomic E-state index is 0.145. The van der Waals surface area contributed by atoms with E-state index >= 15 is 0 Å². The number of amides is 2. The zero-order chi connectivity index (χ0) is 88.0. The molecule has 3 aliphatic rings. The molecule has 9 aromatic heterocycles. The van der Waals surface area contributed by atoms with Gasteiger partial charge in [0.2, 0.25) is 17.8 Å². The van der Waals surface area contributed by atoms with E-state index in [9.17, 15) is 27.9 Å². The summed E-state index contributed by atoms with van der Waals surface area (Å²) in [7, 11) is 0. The maximum Gasteiger partial charge on any atom is 0.408 e. The molecule has 23 heteroatoms. The summed E-state index contributed by atoms with van der Waals surface area (Å²) in [5.41, 5.74) is 26.4. The zero-order valence-electron chi connectivity index (χ0n) is 71.1. The van der Waals surface area contributed by atoms with Crippen LogP contribution in [0, 0.1) is 17.8 Å². The molecule has 9 heterocycles. The van der Waals surface area contributed by atoms with E-state index < -0.39 is 46.2 Å². The third-order valence-electron chi connectivity index (χ3n) is 22.7. The number of carbonyl (C=O) groups is 2. The molecule has 6 aromatic carbocycles. The molecule has 0 saturated heterocycles. The van der Waals surface area contributed by atoms with Crippen molar-refractivity contribution >= 4 is 60.8 Å². The first-order chi connectivity index (χ1) is 60.9. The summed E-state index contributed by atoms with van der Waals surface area (Å²) >= 11 is 3.20. The standard InChI is InChI=1S/C36H35FN4O3.C31H27FN4O.C30H31N3O3.C6H5BrFN/c1-35(2,3)44-34(42)41-36(16-7-17-36)27-12-10-26(11-13-27)33-28(25-8-5-4-6-9-25)21-29-30(40-33)15-19-38-31(29)23-43-22-24-14-18-39-32(37)20-24;32-29-17-21(11-15-35-29)19-37-20-28-26-18-25(22-5-2-1-3-6-22)30(36-27(26)12-16-34-28)23-7-9-24(10-8-23)31(33)13-4-14-31;1-29(2,3)36-28(35)33-30(15-7-16-30)22-12-10-21(11-13-22)27-23(20-8-5-4-6-9-20)18-24-25(32-27)14-17-31-26(24)19-34;7-4-5-1-2-9-6(8)3-5/h4-6,8-15,18-21H,7,16-17,22-23H2,1-3H3,(H,41,42);1-3,5-12,15-18H,4,13-14,19-20,33H2;4-6,8-14,17-18,34H,7,15-16,19H2,1-3H3,(H,33,35);1-3H,4H2. The van der Waals surface area contributed by atoms with Crippen LogP contribution in [0.15, 0.2) is 274 Å². The number of ether oxygens (including phenoxy) is 4. The molecule has 3 fully saturated rings. The van der Waals surface area contributed by atoms with Gasteiger partial charge in [-0.1, -0.05) is 180 Å². The molecule has 19 nitrogen and oxygen atoms in total. The van der Waals surface area contributed by atoms with E-state index in [0.717, 1.165) is 185 Å². The molecule has 0 atom stereocenters. The van der Waals surface area contributed by atoms with E-state index in [1.807, 2.05) is 114 Å². The van der Waals surface area contributed by atoms with E-state index in [1.54, 1.807) is 36.8 Å². The van der Waals surface area contributed by atoms with Crippen LogP contribution in [-0.4, -0.2) is 73.4 Å². The molecule has 3 aliphatic carbocycles. The van der Waals surface area contributed by atoms with Gasteiger partial charge in [-0.25, -0.2) is 39.5 Å². The van der Waals surface area contributed by atoms with Gasteiger partial charge in [-0.3, -0.25) is 15.0 Å². The number of nitrogens with zero attached hydrogens (tertiary/aromatic N) is 9. The van der Waals surface area contributed by atoms with Gasteiger partial charge in [0.1, 0.15) is 11.2 Å². The van der Waals surface area contributed by atoms with Crippen LogP contribution in [0.25, 0.3) is 99.9 Å². The SMILES string of the molecule is CC(C)(C)OC(=O)NC1(c2ccc(-c3nc4ccnc(CO)c4cc3-c3ccccc3)cc2)CCC1.CC(C)(C)OC(=O)NC1(c2ccc(-c3nc4ccnc(COCc5ccnc(F)c5)c4cc3-c3ccccc3)cc2)CCC1.Fc1cc(CBr)ccn1.NC1(c2ccc(-c3nc4ccnc(COCc5ccnc(F)c5)c4cc3-c3ccccc3)cc2)CCC1. The van der Waals surface area contributed by atoms with E-state index in [1.165, 1.54) is 48.8 Å². The monoisotopic (exact) mass is 1750 g/mol. The number of aliphatic hydroxyl groups excluding tert-OH is 1. The third kappa shape index (κ3) is 21.4. The molecule has 126 heavy (non-hydrogen) atoms. The highest BCUT2D eigenvalue weighted by molar-refractivity contribution is 9.08. The van der Waals surface area contributed by atoms with Gasteiger partial charge in [0, 0.05) is 97.6 Å². The van der Waals surface area contributed by atoms with Gasteiger partial charge < -0.3 is 40.4 Å². The first kappa shape index (κ1) is 88.0. The number of benzene rings is 6. The van der Waals surface area contributed by atoms with Crippen molar-refractivity contribution < 1.29 is 46.8 Å². The first-order valence-electron chi connectivity index (χ1n) is 42.2. The lowest BCUT2D eigenvalue weighted by atomic mass is 9.71. The second-order valence-electron chi connectivity index (χ2n) is 33.8. The number of nitrogens with two attached hydrogens (primary N) is 1. The summed E-state index contributed by atoms with van der Waals surface area (Å²) in [6.45, 7) is 12.1. The van der Waals surface area contributed by atoms with Gasteiger partial charge in [0.05, 0.1) is 94.8 Å². The maximum atomic E-state index is 13.5. The fourth-order valence-electron chi connectivity index (χ4n) is 15.8. The van der Waals surface area contributed by atoms with E-state index in [-0.39, 0.29) is 44.7 Å². The molecule has 2 amide bonds. The van der Waals surface area contributed by atoms with E-state index in [2.05, 4.69) is 184 Å². The number of carbonyl (C=O) groups excluding carboxylic acids is 2. The predicted octanol–water partition coefficient (Wildman–Crippen LogP) is 23.1. The molecule has 0 radical (unpaired) electrons. The largest absolute Gasteiger partial charge is 0.444 e. The molecule has 0 bridgehead atoms. The lowest BCUT2D eigenvalue weighted by molar-refractivity contribution is 0.0365. The quantitative estimate of drug-likeness (QED) is 0.0385. The molecule has 15 aromatic rings. The number of pyridine rings is 9. The molecule has 5 N–H and O–H groups in total. The Bertz CT molecular complexity index is 6320. The molecular formula is C103H98BrF3N12O7. The summed E-state index contributed by atoms with van der Waals surface area (Å²) in [6, 6.07) is 77.1. The smallest absolute Gasteiger partial charge is 0.408 e. The van der Waals surface area contributed by atoms with Crippen molar-refractivity contribution in [2.45, 2.75) is 166 Å². The number of fused-ring (bicyclic) bond motifs is 3. The van der Waals surface area contributed by atoms with Gasteiger partial charge >= 0.3 is 12.2 Å². The van der Waals surface area contributed by atoms with Crippen LogP contribution in [0.5, 0.6) is 0 Å². The lowest BCUT2D eigenvalue weighted by Gasteiger charge is -2.43. The van der Waals surface area contributed by atoms with E-state index in [4.69, 9.17) is 39.6 Å². The summed E-state index contributed by atoms with van der Waals surface area (Å²) < 4.78 is 62.0. The summed E-state index contributed by atoms with van der Waals surface area (Å²) in [6.07, 6.45) is 17.5. The van der Waals surface area contributed by atoms with Crippen LogP contribution >= 0.6 is 15.9 Å². The highest BCUT2D eigenvalue weighted by Gasteiger charge is 2.43. The number of halogens is 4. The molecule has 0 unspecified atom stereocenters. The average Bonchev–Trinajstić information content (AvgIpc) is 0.771. The number of aromatic nitrogens is 9. The highest BCUT2D eigenvalue weighted by Crippen LogP contribution is 2.46. The summed E-state index contributed by atoms with van der Waals surface area (Å²) in [5, 5.41) is 19.4. The van der Waals surface area contributed by atoms with Crippen molar-refractivity contribution in [3.8, 4) is 67.2 Å². The fourth-order valence-corrected chi connectivity index (χ4v) is 16.2. The Morgan fingerprint density at radius 3 is 1.01 bits per heavy atom. The van der Waals surface area contributed by atoms with Crippen LogP contribution in [0.4, 0.5) is 22.8 Å². The zero-order valence-corrected chi connectivity index (χ0v) is 72.7. The van der Waals surface area contributed by atoms with Crippen LogP contribution in [0.1, 0.15) is 150 Å². The normalized spacial score (nSPS) is 14.1. The van der Waals surface area contributed by atoms with Crippen LogP contribution in [-0.2, 0) is 73.9 Å². The van der Waals surface area contributed by atoms with Gasteiger partial charge in [-0.2, -0.15) is 13.2 Å². The van der Waals surface area contributed by atoms with Crippen molar-refractivity contribution in [1.82, 2.24) is 55.5 Å². The summed E-state index contributed by atoms with van der Waals surface area (Å²) in [4.78, 5) is 64.5. The van der Waals surface area contributed by atoms with Crippen LogP contribution < -0.4 is 16.4 Å². The number of hydrogen-bond donors (Lipinski definition) is 4. The molecule has 0 aliphatic heterocycles. The number of hydrogen-bond acceptors (Lipinski definition) is 17. The topological polar surface area (TPSA) is 257 Å². The van der Waals surface area contributed by atoms with Crippen LogP contribution in [0.3, 0.4) is 0 Å². The number of nitrogens with one attached hydrogen (secondary N) is 2. The maximum absolute atomic E-state index is 13.5. The minimum Gasteiger partial charge on any atom is -0.444 e. The van der Waals surface area contributed by atoms with Gasteiger partial charge in [-0.05, 0) is 222 Å². The molecule has 640 valence electrons. The third-order valence-corrected chi connectivity index (χ3v) is 23.4. The van der Waals surface area contributed by atoms with Gasteiger partial charge in [0.25, 0.3) is 0 Å². The Balaban J connectivity index is 0.000000139. The second-order valence-corrected chi connectivity index (χ2v) is 34.4. The fraction of sp³-hybridized carbons (Fsp3) is 0.252. The van der Waals surface area contributed by atoms with Gasteiger partial charge in [0.15, 0.2) is 0 Å². The Morgan fingerprint density at radius 1 is 0.389 bits per heavy atom. The number of aliphatic hydroxyl groups is 1. The van der Waals surface area contributed by atoms with Crippen molar-refractivity contribution in [2.75, 3.05) is 0 Å². The van der Waals surface area contributed by atoms with Crippen molar-refractivity contribution in [2.24, 2.45) is 5.73 Å². The van der Waals surface area contributed by atoms with Crippen molar-refractivity contribution in [1.29, 1.82) is 0 Å². The van der Waals surface area contributed by atoms with Crippen LogP contribution in [0.2, 0.25) is 0 Å². The van der Waals surface area contributed by atoms with Crippen molar-refractivity contribution in [3.63, 3.8) is 0 Å². The van der Waals surface area contributed by atoms with Gasteiger partial charge in [-0.15, -0.1) is 0 Å². The number of alkyl halides is 1. The number of alkyl carbamates (subject to hydrolysis) is 2. The Hall–Kier alpha value is -12.9. The molecular weight excluding hydrogens is 1650 g/mol. The average molecular weight is 1750 g/mol. The minimum atomic E-state index is -0.561. The second kappa shape index (κ2) is 39.1. The Morgan fingerprint density at radius 2 is 0.706 bits per heavy atom. The Labute approximate surface area is 739 Å². The van der Waals surface area contributed by atoms with E-state index in [0.29, 0.717) is 16.6 Å². The molecule has 0 spiro atoms. The Kier molecular flexibility index (Phi) is 27.3. The number of rotatable bonds is 21. The molecule has 18 rings (SSSR count). The predicted molar refractivity (Wildman–Crippen MR) is 489 cm³/mol. The highest BCUT2D eigenvalue weighted by atomic mass is 79.9. The lowest BCUT2D eigenvalue weighted by Crippen LogP contribution is -2.52. The van der Waals surface area contributed by atoms with Crippen molar-refractivity contribution in [3.05, 3.63) is 342 Å².